The van der Waals surface area contributed by atoms with Gasteiger partial charge in [-0.2, -0.15) is 0 Å². The molecule has 6 nitrogen and oxygen atoms in total. The smallest absolute Gasteiger partial charge is 0.191 e. The molecule has 0 radical (unpaired) electrons. The number of benzene rings is 2. The second kappa shape index (κ2) is 9.81. The van der Waals surface area contributed by atoms with Gasteiger partial charge in [0, 0.05) is 48.4 Å². The lowest BCUT2D eigenvalue weighted by Crippen LogP contribution is -2.37. The first kappa shape index (κ1) is 21.1. The fourth-order valence-corrected chi connectivity index (χ4v) is 5.09. The number of hydrogen-bond donors (Lipinski definition) is 0. The van der Waals surface area contributed by atoms with E-state index in [1.54, 1.807) is 11.8 Å². The number of ether oxygens (including phenoxy) is 1. The highest BCUT2D eigenvalue weighted by atomic mass is 32.2. The van der Waals surface area contributed by atoms with Gasteiger partial charge in [-0.25, -0.2) is 4.98 Å². The lowest BCUT2D eigenvalue weighted by molar-refractivity contribution is 0.0410. The molecule has 164 valence electrons. The van der Waals surface area contributed by atoms with Gasteiger partial charge in [0.05, 0.1) is 24.4 Å². The number of thioether (sulfide) groups is 1. The molecule has 0 spiro atoms. The molecular weight excluding hydrogens is 418 g/mol. The normalized spacial score (nSPS) is 14.8. The van der Waals surface area contributed by atoms with Crippen molar-refractivity contribution < 1.29 is 4.74 Å². The second-order valence-electron chi connectivity index (χ2n) is 7.79. The number of aromatic nitrogens is 4. The first-order chi connectivity index (χ1) is 15.8. The highest BCUT2D eigenvalue weighted by Gasteiger charge is 2.18. The van der Waals surface area contributed by atoms with E-state index < -0.39 is 0 Å². The number of para-hydroxylation sites is 1. The van der Waals surface area contributed by atoms with Crippen LogP contribution in [0.2, 0.25) is 0 Å². The quantitative estimate of drug-likeness (QED) is 0.388. The predicted octanol–water partition coefficient (Wildman–Crippen LogP) is 4.60. The number of nitrogens with zero attached hydrogens (tertiary/aromatic N) is 5. The molecule has 32 heavy (non-hydrogen) atoms. The first-order valence-corrected chi connectivity index (χ1v) is 12.1. The monoisotopic (exact) mass is 445 g/mol. The van der Waals surface area contributed by atoms with E-state index in [9.17, 15) is 0 Å². The van der Waals surface area contributed by atoms with Crippen LogP contribution in [0.3, 0.4) is 0 Å². The lowest BCUT2D eigenvalue weighted by Gasteiger charge is -2.26. The molecule has 4 aromatic rings. The third-order valence-corrected chi connectivity index (χ3v) is 6.75. The van der Waals surface area contributed by atoms with E-state index >= 15 is 0 Å². The molecule has 0 saturated carbocycles. The van der Waals surface area contributed by atoms with Gasteiger partial charge in [-0.15, -0.1) is 10.2 Å². The van der Waals surface area contributed by atoms with E-state index in [1.165, 1.54) is 0 Å². The maximum absolute atomic E-state index is 5.45. The van der Waals surface area contributed by atoms with Crippen LogP contribution in [-0.4, -0.2) is 63.2 Å². The van der Waals surface area contributed by atoms with Crippen molar-refractivity contribution in [3.8, 4) is 22.6 Å². The molecule has 0 bridgehead atoms. The fourth-order valence-electron chi connectivity index (χ4n) is 4.09. The molecule has 0 amide bonds. The Bertz CT molecular complexity index is 1190. The molecule has 0 unspecified atom stereocenters. The summed E-state index contributed by atoms with van der Waals surface area (Å²) in [4.78, 5) is 7.37. The third kappa shape index (κ3) is 4.41. The number of rotatable bonds is 7. The van der Waals surface area contributed by atoms with Crippen LogP contribution < -0.4 is 0 Å². The van der Waals surface area contributed by atoms with E-state index in [1.807, 2.05) is 24.3 Å². The van der Waals surface area contributed by atoms with Crippen LogP contribution in [0.1, 0.15) is 6.92 Å². The summed E-state index contributed by atoms with van der Waals surface area (Å²) in [5.74, 6) is 1.89. The molecule has 1 fully saturated rings. The number of fused-ring (bicyclic) bond motifs is 1. The van der Waals surface area contributed by atoms with Crippen LogP contribution >= 0.6 is 11.8 Å². The zero-order chi connectivity index (χ0) is 21.8. The molecule has 1 aliphatic rings. The molecule has 7 heteroatoms. The Balaban J connectivity index is 1.48. The van der Waals surface area contributed by atoms with Crippen molar-refractivity contribution in [3.05, 3.63) is 60.7 Å². The van der Waals surface area contributed by atoms with E-state index in [0.717, 1.165) is 83.9 Å². The minimum Gasteiger partial charge on any atom is -0.379 e. The van der Waals surface area contributed by atoms with Gasteiger partial charge in [-0.1, -0.05) is 60.3 Å². The van der Waals surface area contributed by atoms with Gasteiger partial charge in [0.25, 0.3) is 0 Å². The van der Waals surface area contributed by atoms with Crippen LogP contribution in [-0.2, 0) is 11.3 Å². The Morgan fingerprint density at radius 1 is 0.969 bits per heavy atom. The van der Waals surface area contributed by atoms with Gasteiger partial charge < -0.3 is 9.30 Å². The maximum atomic E-state index is 5.45. The van der Waals surface area contributed by atoms with Crippen molar-refractivity contribution in [3.63, 3.8) is 0 Å². The van der Waals surface area contributed by atoms with Gasteiger partial charge in [0.2, 0.25) is 0 Å². The highest BCUT2D eigenvalue weighted by Crippen LogP contribution is 2.32. The van der Waals surface area contributed by atoms with Crippen LogP contribution in [0.25, 0.3) is 33.5 Å². The molecule has 2 aromatic carbocycles. The zero-order valence-corrected chi connectivity index (χ0v) is 19.1. The molecule has 0 N–H and O–H groups in total. The Hall–Kier alpha value is -2.74. The van der Waals surface area contributed by atoms with Crippen LogP contribution in [0.5, 0.6) is 0 Å². The summed E-state index contributed by atoms with van der Waals surface area (Å²) in [6.45, 7) is 7.70. The van der Waals surface area contributed by atoms with E-state index in [0.29, 0.717) is 0 Å². The molecule has 5 rings (SSSR count). The van der Waals surface area contributed by atoms with E-state index in [4.69, 9.17) is 9.72 Å². The maximum Gasteiger partial charge on any atom is 0.191 e. The Kier molecular flexibility index (Phi) is 6.48. The predicted molar refractivity (Wildman–Crippen MR) is 130 cm³/mol. The average molecular weight is 446 g/mol. The molecule has 2 aromatic heterocycles. The Labute approximate surface area is 192 Å². The topological polar surface area (TPSA) is 56.1 Å². The molecular formula is C25H27N5OS. The Morgan fingerprint density at radius 2 is 1.75 bits per heavy atom. The van der Waals surface area contributed by atoms with Gasteiger partial charge in [-0.3, -0.25) is 4.90 Å². The van der Waals surface area contributed by atoms with Crippen molar-refractivity contribution in [2.45, 2.75) is 18.6 Å². The van der Waals surface area contributed by atoms with Crippen molar-refractivity contribution in [1.82, 2.24) is 24.6 Å². The summed E-state index contributed by atoms with van der Waals surface area (Å²) < 4.78 is 7.67. The van der Waals surface area contributed by atoms with E-state index in [2.05, 4.69) is 63.0 Å². The minimum absolute atomic E-state index is 0.819. The van der Waals surface area contributed by atoms with Crippen LogP contribution in [0.4, 0.5) is 0 Å². The SMILES string of the molecule is CCn1c(SCCN2CCOCC2)nnc1-c1cc(-c2ccccc2)nc2ccccc12. The fraction of sp³-hybridized carbons (Fsp3) is 0.320. The van der Waals surface area contributed by atoms with Crippen LogP contribution in [0.15, 0.2) is 65.8 Å². The summed E-state index contributed by atoms with van der Waals surface area (Å²) in [6.07, 6.45) is 0. The van der Waals surface area contributed by atoms with Crippen LogP contribution in [0, 0.1) is 0 Å². The second-order valence-corrected chi connectivity index (χ2v) is 8.85. The van der Waals surface area contributed by atoms with Gasteiger partial charge >= 0.3 is 0 Å². The number of hydrogen-bond acceptors (Lipinski definition) is 6. The van der Waals surface area contributed by atoms with Gasteiger partial charge in [-0.05, 0) is 19.1 Å². The number of morpholine rings is 1. The molecule has 1 aliphatic heterocycles. The molecule has 3 heterocycles. The average Bonchev–Trinajstić information content (AvgIpc) is 3.27. The summed E-state index contributed by atoms with van der Waals surface area (Å²) in [5.41, 5.74) is 4.09. The Morgan fingerprint density at radius 3 is 2.56 bits per heavy atom. The highest BCUT2D eigenvalue weighted by molar-refractivity contribution is 7.99. The standard InChI is InChI=1S/C25H27N5OS/c1-2-30-24(27-28-25(30)32-17-14-29-12-15-31-16-13-29)21-18-23(19-8-4-3-5-9-19)26-22-11-7-6-10-20(21)22/h3-11,18H,2,12-17H2,1H3. The molecule has 0 atom stereocenters. The van der Waals surface area contributed by atoms with Crippen molar-refractivity contribution in [2.24, 2.45) is 0 Å². The summed E-state index contributed by atoms with van der Waals surface area (Å²) >= 11 is 1.78. The number of pyridine rings is 1. The van der Waals surface area contributed by atoms with Crippen molar-refractivity contribution in [2.75, 3.05) is 38.6 Å². The third-order valence-electron chi connectivity index (χ3n) is 5.80. The largest absolute Gasteiger partial charge is 0.379 e. The van der Waals surface area contributed by atoms with Gasteiger partial charge in [0.1, 0.15) is 0 Å². The van der Waals surface area contributed by atoms with Gasteiger partial charge in [0.15, 0.2) is 11.0 Å². The minimum atomic E-state index is 0.819. The van der Waals surface area contributed by atoms with E-state index in [-0.39, 0.29) is 0 Å². The molecule has 1 saturated heterocycles. The zero-order valence-electron chi connectivity index (χ0n) is 18.3. The molecule has 0 aliphatic carbocycles. The summed E-state index contributed by atoms with van der Waals surface area (Å²) in [5, 5.41) is 11.3. The summed E-state index contributed by atoms with van der Waals surface area (Å²) in [7, 11) is 0. The lowest BCUT2D eigenvalue weighted by atomic mass is 10.0. The summed E-state index contributed by atoms with van der Waals surface area (Å²) in [6, 6.07) is 20.7. The van der Waals surface area contributed by atoms with Crippen molar-refractivity contribution in [1.29, 1.82) is 0 Å². The van der Waals surface area contributed by atoms with Crippen molar-refractivity contribution >= 4 is 22.7 Å². The first-order valence-electron chi connectivity index (χ1n) is 11.1.